The highest BCUT2D eigenvalue weighted by Gasteiger charge is 2.19. The number of nitrogens with zero attached hydrogens (tertiary/aromatic N) is 1. The quantitative estimate of drug-likeness (QED) is 0.657. The fourth-order valence-corrected chi connectivity index (χ4v) is 2.97. The monoisotopic (exact) mass is 262 g/mol. The summed E-state index contributed by atoms with van der Waals surface area (Å²) in [6.45, 7) is 3.84. The Kier molecular flexibility index (Phi) is 4.31. The maximum atomic E-state index is 12.0. The lowest BCUT2D eigenvalue weighted by atomic mass is 10.2. The number of amides is 1. The van der Waals surface area contributed by atoms with Crippen LogP contribution in [0.2, 0.25) is 0 Å². The van der Waals surface area contributed by atoms with Crippen molar-refractivity contribution in [1.82, 2.24) is 4.90 Å². The SMILES string of the molecule is CC1CN(C(=O)/C=C/c2cccc(N)c2)CCS1. The number of hydrogen-bond donors (Lipinski definition) is 1. The van der Waals surface area contributed by atoms with E-state index in [2.05, 4.69) is 6.92 Å². The van der Waals surface area contributed by atoms with E-state index in [0.717, 1.165) is 24.4 Å². The lowest BCUT2D eigenvalue weighted by Crippen LogP contribution is -2.40. The first-order valence-corrected chi connectivity index (χ1v) is 7.14. The van der Waals surface area contributed by atoms with E-state index in [1.54, 1.807) is 6.08 Å². The molecule has 96 valence electrons. The number of thioether (sulfide) groups is 1. The highest BCUT2D eigenvalue weighted by atomic mass is 32.2. The molecule has 4 heteroatoms. The molecule has 1 aromatic carbocycles. The van der Waals surface area contributed by atoms with Crippen LogP contribution < -0.4 is 5.73 Å². The second kappa shape index (κ2) is 5.96. The van der Waals surface area contributed by atoms with E-state index in [-0.39, 0.29) is 5.91 Å². The molecule has 0 spiro atoms. The van der Waals surface area contributed by atoms with E-state index < -0.39 is 0 Å². The first kappa shape index (κ1) is 13.0. The van der Waals surface area contributed by atoms with E-state index in [0.29, 0.717) is 10.9 Å². The van der Waals surface area contributed by atoms with Crippen molar-refractivity contribution in [3.8, 4) is 0 Å². The topological polar surface area (TPSA) is 46.3 Å². The minimum atomic E-state index is 0.0876. The summed E-state index contributed by atoms with van der Waals surface area (Å²) in [5, 5.41) is 0.531. The van der Waals surface area contributed by atoms with Crippen molar-refractivity contribution >= 4 is 29.4 Å². The van der Waals surface area contributed by atoms with Crippen LogP contribution in [0.3, 0.4) is 0 Å². The van der Waals surface area contributed by atoms with Gasteiger partial charge in [-0.1, -0.05) is 19.1 Å². The summed E-state index contributed by atoms with van der Waals surface area (Å²) in [5.74, 6) is 1.11. The molecule has 0 radical (unpaired) electrons. The molecule has 1 aliphatic rings. The number of nitrogens with two attached hydrogens (primary N) is 1. The third kappa shape index (κ3) is 3.53. The minimum absolute atomic E-state index is 0.0876. The zero-order valence-electron chi connectivity index (χ0n) is 10.5. The maximum Gasteiger partial charge on any atom is 0.246 e. The summed E-state index contributed by atoms with van der Waals surface area (Å²) < 4.78 is 0. The van der Waals surface area contributed by atoms with Gasteiger partial charge in [0.25, 0.3) is 0 Å². The summed E-state index contributed by atoms with van der Waals surface area (Å²) in [4.78, 5) is 13.9. The molecule has 1 amide bonds. The highest BCUT2D eigenvalue weighted by Crippen LogP contribution is 2.18. The molecular weight excluding hydrogens is 244 g/mol. The Morgan fingerprint density at radius 3 is 3.11 bits per heavy atom. The van der Waals surface area contributed by atoms with Gasteiger partial charge in [-0.25, -0.2) is 0 Å². The van der Waals surface area contributed by atoms with Crippen LogP contribution in [0, 0.1) is 0 Å². The van der Waals surface area contributed by atoms with Crippen LogP contribution in [0.4, 0.5) is 5.69 Å². The van der Waals surface area contributed by atoms with Crippen molar-refractivity contribution in [2.75, 3.05) is 24.6 Å². The summed E-state index contributed by atoms with van der Waals surface area (Å²) in [6.07, 6.45) is 3.46. The molecule has 2 rings (SSSR count). The number of anilines is 1. The van der Waals surface area contributed by atoms with E-state index in [4.69, 9.17) is 5.73 Å². The Morgan fingerprint density at radius 1 is 1.56 bits per heavy atom. The van der Waals surface area contributed by atoms with Gasteiger partial charge in [-0.2, -0.15) is 11.8 Å². The summed E-state index contributed by atoms with van der Waals surface area (Å²) in [5.41, 5.74) is 7.37. The van der Waals surface area contributed by atoms with Gasteiger partial charge in [-0.15, -0.1) is 0 Å². The van der Waals surface area contributed by atoms with Crippen LogP contribution in [-0.4, -0.2) is 34.9 Å². The second-order valence-electron chi connectivity index (χ2n) is 4.47. The van der Waals surface area contributed by atoms with Crippen molar-refractivity contribution in [3.63, 3.8) is 0 Å². The Balaban J connectivity index is 1.98. The smallest absolute Gasteiger partial charge is 0.246 e. The molecule has 0 bridgehead atoms. The number of rotatable bonds is 2. The molecule has 0 aliphatic carbocycles. The lowest BCUT2D eigenvalue weighted by Gasteiger charge is -2.29. The number of carbonyl (C=O) groups excluding carboxylic acids is 1. The molecule has 3 nitrogen and oxygen atoms in total. The minimum Gasteiger partial charge on any atom is -0.399 e. The van der Waals surface area contributed by atoms with Crippen LogP contribution in [0.25, 0.3) is 6.08 Å². The molecule has 2 N–H and O–H groups in total. The molecule has 0 aromatic heterocycles. The molecule has 1 aliphatic heterocycles. The zero-order chi connectivity index (χ0) is 13.0. The van der Waals surface area contributed by atoms with Gasteiger partial charge >= 0.3 is 0 Å². The summed E-state index contributed by atoms with van der Waals surface area (Å²) >= 11 is 1.92. The fourth-order valence-electron chi connectivity index (χ4n) is 1.95. The molecule has 1 unspecified atom stereocenters. The molecule has 1 fully saturated rings. The van der Waals surface area contributed by atoms with E-state index >= 15 is 0 Å². The third-order valence-corrected chi connectivity index (χ3v) is 4.02. The van der Waals surface area contributed by atoms with Gasteiger partial charge in [0.1, 0.15) is 0 Å². The van der Waals surface area contributed by atoms with Crippen LogP contribution in [0.1, 0.15) is 12.5 Å². The van der Waals surface area contributed by atoms with Crippen LogP contribution in [0.5, 0.6) is 0 Å². The predicted molar refractivity (Wildman–Crippen MR) is 78.4 cm³/mol. The standard InChI is InChI=1S/C14H18N2OS/c1-11-10-16(7-8-18-11)14(17)6-5-12-3-2-4-13(15)9-12/h2-6,9,11H,7-8,10,15H2,1H3/b6-5+. The molecule has 1 aromatic rings. The second-order valence-corrected chi connectivity index (χ2v) is 6.02. The Bertz CT molecular complexity index is 459. The van der Waals surface area contributed by atoms with Gasteiger partial charge in [0.2, 0.25) is 5.91 Å². The van der Waals surface area contributed by atoms with Crippen molar-refractivity contribution in [2.24, 2.45) is 0 Å². The van der Waals surface area contributed by atoms with Gasteiger partial charge < -0.3 is 10.6 Å². The van der Waals surface area contributed by atoms with Crippen molar-refractivity contribution in [3.05, 3.63) is 35.9 Å². The number of nitrogen functional groups attached to an aromatic ring is 1. The fraction of sp³-hybridized carbons (Fsp3) is 0.357. The van der Waals surface area contributed by atoms with Crippen molar-refractivity contribution in [1.29, 1.82) is 0 Å². The number of benzene rings is 1. The normalized spacial score (nSPS) is 20.3. The molecule has 1 heterocycles. The van der Waals surface area contributed by atoms with E-state index in [1.165, 1.54) is 0 Å². The Hall–Kier alpha value is -1.42. The van der Waals surface area contributed by atoms with Crippen LogP contribution in [-0.2, 0) is 4.79 Å². The van der Waals surface area contributed by atoms with E-state index in [1.807, 2.05) is 47.0 Å². The maximum absolute atomic E-state index is 12.0. The lowest BCUT2D eigenvalue weighted by molar-refractivity contribution is -0.125. The Labute approximate surface area is 112 Å². The molecule has 1 atom stereocenters. The number of hydrogen-bond acceptors (Lipinski definition) is 3. The first-order chi connectivity index (χ1) is 8.65. The predicted octanol–water partition coefficient (Wildman–Crippen LogP) is 2.25. The summed E-state index contributed by atoms with van der Waals surface area (Å²) in [6, 6.07) is 7.52. The average molecular weight is 262 g/mol. The van der Waals surface area contributed by atoms with Gasteiger partial charge in [0, 0.05) is 35.9 Å². The van der Waals surface area contributed by atoms with Gasteiger partial charge in [0.15, 0.2) is 0 Å². The molecule has 1 saturated heterocycles. The van der Waals surface area contributed by atoms with Gasteiger partial charge in [-0.05, 0) is 23.8 Å². The largest absolute Gasteiger partial charge is 0.399 e. The molecule has 0 saturated carbocycles. The third-order valence-electron chi connectivity index (χ3n) is 2.88. The summed E-state index contributed by atoms with van der Waals surface area (Å²) in [7, 11) is 0. The van der Waals surface area contributed by atoms with Crippen LogP contribution >= 0.6 is 11.8 Å². The molecular formula is C14H18N2OS. The van der Waals surface area contributed by atoms with E-state index in [9.17, 15) is 4.79 Å². The highest BCUT2D eigenvalue weighted by molar-refractivity contribution is 7.99. The number of carbonyl (C=O) groups is 1. The molecule has 18 heavy (non-hydrogen) atoms. The van der Waals surface area contributed by atoms with Crippen molar-refractivity contribution in [2.45, 2.75) is 12.2 Å². The zero-order valence-corrected chi connectivity index (χ0v) is 11.3. The average Bonchev–Trinajstić information content (AvgIpc) is 2.36. The first-order valence-electron chi connectivity index (χ1n) is 6.09. The Morgan fingerprint density at radius 2 is 2.39 bits per heavy atom. The van der Waals surface area contributed by atoms with Crippen molar-refractivity contribution < 1.29 is 4.79 Å². The van der Waals surface area contributed by atoms with Gasteiger partial charge in [0.05, 0.1) is 0 Å². The van der Waals surface area contributed by atoms with Crippen LogP contribution in [0.15, 0.2) is 30.3 Å². The van der Waals surface area contributed by atoms with Gasteiger partial charge in [-0.3, -0.25) is 4.79 Å².